The molecular weight excluding hydrogens is 224 g/mol. The van der Waals surface area contributed by atoms with Gasteiger partial charge in [-0.15, -0.1) is 0 Å². The molecule has 4 heteroatoms. The van der Waals surface area contributed by atoms with E-state index in [-0.39, 0.29) is 0 Å². The summed E-state index contributed by atoms with van der Waals surface area (Å²) in [5.41, 5.74) is 2.36. The van der Waals surface area contributed by atoms with E-state index in [1.165, 1.54) is 31.5 Å². The van der Waals surface area contributed by atoms with E-state index >= 15 is 0 Å². The molecule has 0 aromatic carbocycles. The molecule has 1 aromatic rings. The molecule has 2 aliphatic rings. The van der Waals surface area contributed by atoms with Crippen LogP contribution in [0.1, 0.15) is 48.4 Å². The Morgan fingerprint density at radius 2 is 2.22 bits per heavy atom. The molecule has 1 aromatic heterocycles. The smallest absolute Gasteiger partial charge is 0.145 e. The van der Waals surface area contributed by atoms with E-state index in [1.807, 2.05) is 0 Å². The third kappa shape index (κ3) is 2.40. The first-order valence-corrected chi connectivity index (χ1v) is 7.00. The van der Waals surface area contributed by atoms with Gasteiger partial charge in [0.2, 0.25) is 0 Å². The molecule has 0 bridgehead atoms. The van der Waals surface area contributed by atoms with E-state index in [4.69, 9.17) is 4.98 Å². The number of aromatic nitrogens is 2. The van der Waals surface area contributed by atoms with Crippen molar-refractivity contribution >= 4 is 0 Å². The second-order valence-electron chi connectivity index (χ2n) is 5.69. The van der Waals surface area contributed by atoms with Gasteiger partial charge in [0.25, 0.3) is 0 Å². The van der Waals surface area contributed by atoms with E-state index in [2.05, 4.69) is 35.2 Å². The summed E-state index contributed by atoms with van der Waals surface area (Å²) < 4.78 is 0. The van der Waals surface area contributed by atoms with Crippen molar-refractivity contribution in [3.63, 3.8) is 0 Å². The van der Waals surface area contributed by atoms with Gasteiger partial charge < -0.3 is 10.2 Å². The molecule has 2 saturated heterocycles. The second-order valence-corrected chi connectivity index (χ2v) is 5.69. The Hall–Kier alpha value is -1.00. The molecule has 2 fully saturated rings. The largest absolute Gasteiger partial charge is 0.307 e. The summed E-state index contributed by atoms with van der Waals surface area (Å²) >= 11 is 0. The van der Waals surface area contributed by atoms with Crippen LogP contribution >= 0.6 is 0 Å². The molecule has 1 N–H and O–H groups in total. The lowest BCUT2D eigenvalue weighted by Crippen LogP contribution is -2.18. The lowest BCUT2D eigenvalue weighted by atomic mass is 10.0. The molecule has 0 spiro atoms. The molecule has 2 aliphatic heterocycles. The van der Waals surface area contributed by atoms with E-state index in [9.17, 15) is 0 Å². The summed E-state index contributed by atoms with van der Waals surface area (Å²) in [6.07, 6.45) is 3.64. The summed E-state index contributed by atoms with van der Waals surface area (Å²) in [6.45, 7) is 5.50. The summed E-state index contributed by atoms with van der Waals surface area (Å²) in [4.78, 5) is 11.8. The SMILES string of the molecule is Cc1cc(C2CCN(C)C2)nc(C2CCCN2)n1. The second kappa shape index (κ2) is 4.94. The highest BCUT2D eigenvalue weighted by Gasteiger charge is 2.25. The molecule has 18 heavy (non-hydrogen) atoms. The fraction of sp³-hybridized carbons (Fsp3) is 0.714. The maximum absolute atomic E-state index is 4.83. The Kier molecular flexibility index (Phi) is 3.31. The standard InChI is InChI=1S/C14H22N4/c1-10-8-13(11-5-7-18(2)9-11)17-14(16-10)12-4-3-6-15-12/h8,11-12,15H,3-7,9H2,1-2H3. The van der Waals surface area contributed by atoms with Crippen molar-refractivity contribution in [1.82, 2.24) is 20.2 Å². The van der Waals surface area contributed by atoms with Gasteiger partial charge in [0.05, 0.1) is 6.04 Å². The van der Waals surface area contributed by atoms with E-state index in [0.29, 0.717) is 12.0 Å². The monoisotopic (exact) mass is 246 g/mol. The first kappa shape index (κ1) is 12.1. The van der Waals surface area contributed by atoms with Crippen molar-refractivity contribution in [2.75, 3.05) is 26.7 Å². The van der Waals surface area contributed by atoms with Gasteiger partial charge in [0.1, 0.15) is 5.82 Å². The molecule has 98 valence electrons. The highest BCUT2D eigenvalue weighted by atomic mass is 15.1. The Labute approximate surface area is 109 Å². The van der Waals surface area contributed by atoms with Crippen molar-refractivity contribution in [3.8, 4) is 0 Å². The van der Waals surface area contributed by atoms with E-state index in [1.54, 1.807) is 0 Å². The average Bonchev–Trinajstić information content (AvgIpc) is 2.98. The number of hydrogen-bond donors (Lipinski definition) is 1. The number of nitrogens with one attached hydrogen (secondary N) is 1. The van der Waals surface area contributed by atoms with Crippen molar-refractivity contribution in [2.24, 2.45) is 0 Å². The minimum atomic E-state index is 0.378. The van der Waals surface area contributed by atoms with Crippen molar-refractivity contribution in [3.05, 3.63) is 23.3 Å². The minimum absolute atomic E-state index is 0.378. The number of likely N-dealkylation sites (tertiary alicyclic amines) is 1. The van der Waals surface area contributed by atoms with Gasteiger partial charge in [0, 0.05) is 23.9 Å². The molecule has 0 amide bonds. The summed E-state index contributed by atoms with van der Waals surface area (Å²) in [5.74, 6) is 1.61. The molecule has 0 saturated carbocycles. The topological polar surface area (TPSA) is 41.1 Å². The van der Waals surface area contributed by atoms with Gasteiger partial charge in [-0.25, -0.2) is 9.97 Å². The quantitative estimate of drug-likeness (QED) is 0.861. The summed E-state index contributed by atoms with van der Waals surface area (Å²) in [7, 11) is 2.19. The number of rotatable bonds is 2. The molecule has 0 aliphatic carbocycles. The molecule has 3 heterocycles. The van der Waals surface area contributed by atoms with Gasteiger partial charge in [-0.2, -0.15) is 0 Å². The summed E-state index contributed by atoms with van der Waals surface area (Å²) in [6, 6.07) is 2.55. The van der Waals surface area contributed by atoms with Crippen molar-refractivity contribution < 1.29 is 0 Å². The Morgan fingerprint density at radius 1 is 1.33 bits per heavy atom. The van der Waals surface area contributed by atoms with Crippen LogP contribution in [0.5, 0.6) is 0 Å². The maximum Gasteiger partial charge on any atom is 0.145 e. The Balaban J connectivity index is 1.85. The van der Waals surface area contributed by atoms with Gasteiger partial charge in [-0.05, 0) is 52.4 Å². The van der Waals surface area contributed by atoms with Crippen LogP contribution in [0.4, 0.5) is 0 Å². The fourth-order valence-corrected chi connectivity index (χ4v) is 3.06. The van der Waals surface area contributed by atoms with Crippen LogP contribution in [0.2, 0.25) is 0 Å². The average molecular weight is 246 g/mol. The zero-order valence-corrected chi connectivity index (χ0v) is 11.3. The lowest BCUT2D eigenvalue weighted by Gasteiger charge is -2.15. The minimum Gasteiger partial charge on any atom is -0.307 e. The van der Waals surface area contributed by atoms with Crippen LogP contribution in [0.3, 0.4) is 0 Å². The van der Waals surface area contributed by atoms with Crippen LogP contribution < -0.4 is 5.32 Å². The number of nitrogens with zero attached hydrogens (tertiary/aromatic N) is 3. The first-order chi connectivity index (χ1) is 8.72. The van der Waals surface area contributed by atoms with Crippen LogP contribution in [-0.4, -0.2) is 41.5 Å². The van der Waals surface area contributed by atoms with Crippen LogP contribution in [-0.2, 0) is 0 Å². The number of likely N-dealkylation sites (N-methyl/N-ethyl adjacent to an activating group) is 1. The molecule has 2 atom stereocenters. The van der Waals surface area contributed by atoms with Gasteiger partial charge in [-0.1, -0.05) is 0 Å². The molecule has 2 unspecified atom stereocenters. The highest BCUT2D eigenvalue weighted by Crippen LogP contribution is 2.27. The Morgan fingerprint density at radius 3 is 2.89 bits per heavy atom. The van der Waals surface area contributed by atoms with Gasteiger partial charge in [-0.3, -0.25) is 0 Å². The van der Waals surface area contributed by atoms with Crippen LogP contribution in [0, 0.1) is 6.92 Å². The first-order valence-electron chi connectivity index (χ1n) is 7.00. The zero-order valence-electron chi connectivity index (χ0n) is 11.3. The van der Waals surface area contributed by atoms with Gasteiger partial charge >= 0.3 is 0 Å². The normalized spacial score (nSPS) is 29.0. The zero-order chi connectivity index (χ0) is 12.5. The molecule has 0 radical (unpaired) electrons. The third-order valence-corrected chi connectivity index (χ3v) is 4.07. The third-order valence-electron chi connectivity index (χ3n) is 4.07. The number of aryl methyl sites for hydroxylation is 1. The fourth-order valence-electron chi connectivity index (χ4n) is 3.06. The molecule has 4 nitrogen and oxygen atoms in total. The summed E-state index contributed by atoms with van der Waals surface area (Å²) in [5, 5.41) is 3.49. The molecule has 3 rings (SSSR count). The predicted octanol–water partition coefficient (Wildman–Crippen LogP) is 1.63. The molecular formula is C14H22N4. The lowest BCUT2D eigenvalue weighted by molar-refractivity contribution is 0.410. The Bertz CT molecular complexity index is 426. The van der Waals surface area contributed by atoms with Crippen LogP contribution in [0.25, 0.3) is 0 Å². The van der Waals surface area contributed by atoms with E-state index in [0.717, 1.165) is 24.6 Å². The van der Waals surface area contributed by atoms with Crippen molar-refractivity contribution in [2.45, 2.75) is 38.1 Å². The van der Waals surface area contributed by atoms with Crippen molar-refractivity contribution in [1.29, 1.82) is 0 Å². The highest BCUT2D eigenvalue weighted by molar-refractivity contribution is 5.17. The van der Waals surface area contributed by atoms with E-state index < -0.39 is 0 Å². The number of hydrogen-bond acceptors (Lipinski definition) is 4. The maximum atomic E-state index is 4.83. The van der Waals surface area contributed by atoms with Crippen LogP contribution in [0.15, 0.2) is 6.07 Å². The van der Waals surface area contributed by atoms with Gasteiger partial charge in [0.15, 0.2) is 0 Å². The predicted molar refractivity (Wildman–Crippen MR) is 71.6 cm³/mol.